The summed E-state index contributed by atoms with van der Waals surface area (Å²) in [5, 5.41) is 3.05. The molecule has 1 aromatic heterocycles. The van der Waals surface area contributed by atoms with E-state index in [0.717, 1.165) is 55.7 Å². The number of hydrogen-bond donors (Lipinski definition) is 1. The predicted octanol–water partition coefficient (Wildman–Crippen LogP) is 4.52. The number of aryl methyl sites for hydroxylation is 2. The molecule has 1 aliphatic heterocycles. The largest absolute Gasteiger partial charge is 0.348 e. The minimum atomic E-state index is -0.0764. The first-order valence-electron chi connectivity index (χ1n) is 11.6. The van der Waals surface area contributed by atoms with Gasteiger partial charge in [0.25, 0.3) is 5.91 Å². The molecule has 1 saturated carbocycles. The summed E-state index contributed by atoms with van der Waals surface area (Å²) >= 11 is 0. The number of nitrogens with zero attached hydrogens (tertiary/aromatic N) is 2. The van der Waals surface area contributed by atoms with Crippen LogP contribution >= 0.6 is 0 Å². The molecule has 2 fully saturated rings. The minimum Gasteiger partial charge on any atom is -0.348 e. The number of nitrogens with one attached hydrogen (secondary N) is 1. The molecule has 0 radical (unpaired) electrons. The van der Waals surface area contributed by atoms with Crippen molar-refractivity contribution in [3.05, 3.63) is 64.5 Å². The molecule has 0 unspecified atom stereocenters. The van der Waals surface area contributed by atoms with Crippen LogP contribution in [-0.2, 0) is 11.3 Å². The number of benzene rings is 1. The highest BCUT2D eigenvalue weighted by Gasteiger charge is 2.32. The average Bonchev–Trinajstić information content (AvgIpc) is 3.33. The molecule has 0 bridgehead atoms. The zero-order valence-electron chi connectivity index (χ0n) is 18.7. The second-order valence-corrected chi connectivity index (χ2v) is 9.13. The van der Waals surface area contributed by atoms with Gasteiger partial charge < -0.3 is 10.2 Å². The highest BCUT2D eigenvalue weighted by molar-refractivity contribution is 5.95. The molecule has 1 saturated heterocycles. The van der Waals surface area contributed by atoms with Crippen LogP contribution in [0.5, 0.6) is 0 Å². The van der Waals surface area contributed by atoms with Gasteiger partial charge in [0.05, 0.1) is 11.3 Å². The molecule has 2 aromatic rings. The van der Waals surface area contributed by atoms with E-state index in [1.807, 2.05) is 36.1 Å². The van der Waals surface area contributed by atoms with Gasteiger partial charge >= 0.3 is 0 Å². The quantitative estimate of drug-likeness (QED) is 0.775. The van der Waals surface area contributed by atoms with Gasteiger partial charge in [-0.2, -0.15) is 0 Å². The molecule has 4 rings (SSSR count). The fourth-order valence-corrected chi connectivity index (χ4v) is 4.87. The van der Waals surface area contributed by atoms with Crippen molar-refractivity contribution in [2.24, 2.45) is 5.92 Å². The summed E-state index contributed by atoms with van der Waals surface area (Å²) in [5.41, 5.74) is 4.76. The zero-order valence-corrected chi connectivity index (χ0v) is 18.7. The van der Waals surface area contributed by atoms with Gasteiger partial charge in [-0.05, 0) is 57.2 Å². The lowest BCUT2D eigenvalue weighted by Crippen LogP contribution is -2.41. The van der Waals surface area contributed by atoms with Crippen LogP contribution in [0.1, 0.15) is 77.3 Å². The fraction of sp³-hybridized carbons (Fsp3) is 0.500. The third-order valence-electron chi connectivity index (χ3n) is 6.78. The molecule has 5 nitrogen and oxygen atoms in total. The lowest BCUT2D eigenvalue weighted by molar-refractivity contribution is -0.136. The molecule has 2 amide bonds. The molecule has 2 heterocycles. The van der Waals surface area contributed by atoms with Crippen LogP contribution in [0.3, 0.4) is 0 Å². The van der Waals surface area contributed by atoms with E-state index in [1.54, 1.807) is 0 Å². The summed E-state index contributed by atoms with van der Waals surface area (Å²) in [6.45, 7) is 6.05. The van der Waals surface area contributed by atoms with Crippen molar-refractivity contribution in [2.75, 3.05) is 13.1 Å². The summed E-state index contributed by atoms with van der Waals surface area (Å²) in [6, 6.07) is 12.0. The number of hydrogen-bond acceptors (Lipinski definition) is 3. The fourth-order valence-electron chi connectivity index (χ4n) is 4.87. The van der Waals surface area contributed by atoms with Gasteiger partial charge in [-0.3, -0.25) is 14.6 Å². The summed E-state index contributed by atoms with van der Waals surface area (Å²) in [7, 11) is 0. The number of carbonyl (C=O) groups is 2. The Bertz CT molecular complexity index is 924. The van der Waals surface area contributed by atoms with Gasteiger partial charge in [0, 0.05) is 37.2 Å². The Morgan fingerprint density at radius 3 is 2.32 bits per heavy atom. The molecule has 31 heavy (non-hydrogen) atoms. The number of rotatable bonds is 5. The lowest BCUT2D eigenvalue weighted by atomic mass is 9.89. The molecule has 2 aliphatic rings. The molecule has 0 spiro atoms. The van der Waals surface area contributed by atoms with Gasteiger partial charge in [0.2, 0.25) is 5.91 Å². The maximum absolute atomic E-state index is 13.0. The molecule has 1 N–H and O–H groups in total. The standard InChI is InChI=1S/C26H33N3O2/c1-18-7-10-20(11-8-18)17-27-25(30)23-12-9-19(2)28-24(23)21-13-15-29(16-14-21)26(31)22-5-3-4-6-22/h7-12,21-22H,3-6,13-17H2,1-2H3,(H,27,30). The Balaban J connectivity index is 1.41. The smallest absolute Gasteiger partial charge is 0.253 e. The van der Waals surface area contributed by atoms with Crippen molar-refractivity contribution in [1.29, 1.82) is 0 Å². The van der Waals surface area contributed by atoms with Crippen LogP contribution < -0.4 is 5.32 Å². The minimum absolute atomic E-state index is 0.0764. The third-order valence-corrected chi connectivity index (χ3v) is 6.78. The molecular formula is C26H33N3O2. The van der Waals surface area contributed by atoms with Crippen LogP contribution in [0.4, 0.5) is 0 Å². The van der Waals surface area contributed by atoms with Crippen LogP contribution in [0.2, 0.25) is 0 Å². The molecular weight excluding hydrogens is 386 g/mol. The maximum Gasteiger partial charge on any atom is 0.253 e. The first-order valence-corrected chi connectivity index (χ1v) is 11.6. The normalized spacial score (nSPS) is 17.7. The van der Waals surface area contributed by atoms with E-state index in [4.69, 9.17) is 4.98 Å². The van der Waals surface area contributed by atoms with Gasteiger partial charge in [0.1, 0.15) is 0 Å². The van der Waals surface area contributed by atoms with Gasteiger partial charge in [-0.15, -0.1) is 0 Å². The van der Waals surface area contributed by atoms with E-state index in [0.29, 0.717) is 18.0 Å². The van der Waals surface area contributed by atoms with Gasteiger partial charge in [-0.25, -0.2) is 0 Å². The van der Waals surface area contributed by atoms with Crippen LogP contribution in [0.15, 0.2) is 36.4 Å². The van der Waals surface area contributed by atoms with Crippen LogP contribution in [0.25, 0.3) is 0 Å². The first-order chi connectivity index (χ1) is 15.0. The topological polar surface area (TPSA) is 62.3 Å². The van der Waals surface area contributed by atoms with Gasteiger partial charge in [-0.1, -0.05) is 42.7 Å². The zero-order chi connectivity index (χ0) is 21.8. The number of likely N-dealkylation sites (tertiary alicyclic amines) is 1. The van der Waals surface area contributed by atoms with Crippen molar-refractivity contribution in [1.82, 2.24) is 15.2 Å². The third kappa shape index (κ3) is 5.15. The van der Waals surface area contributed by atoms with Crippen molar-refractivity contribution >= 4 is 11.8 Å². The SMILES string of the molecule is Cc1ccc(CNC(=O)c2ccc(C)nc2C2CCN(C(=O)C3CCCC3)CC2)cc1. The van der Waals surface area contributed by atoms with Crippen molar-refractivity contribution in [3.63, 3.8) is 0 Å². The molecule has 5 heteroatoms. The van der Waals surface area contributed by atoms with Crippen LogP contribution in [0, 0.1) is 19.8 Å². The average molecular weight is 420 g/mol. The number of carbonyl (C=O) groups excluding carboxylic acids is 2. The summed E-state index contributed by atoms with van der Waals surface area (Å²) in [4.78, 5) is 32.6. The van der Waals surface area contributed by atoms with Crippen molar-refractivity contribution < 1.29 is 9.59 Å². The van der Waals surface area contributed by atoms with Crippen molar-refractivity contribution in [3.8, 4) is 0 Å². The van der Waals surface area contributed by atoms with E-state index in [1.165, 1.54) is 18.4 Å². The molecule has 1 aromatic carbocycles. The highest BCUT2D eigenvalue weighted by atomic mass is 16.2. The van der Waals surface area contributed by atoms with Crippen LogP contribution in [-0.4, -0.2) is 34.8 Å². The number of aromatic nitrogens is 1. The number of pyridine rings is 1. The second-order valence-electron chi connectivity index (χ2n) is 9.13. The van der Waals surface area contributed by atoms with E-state index < -0.39 is 0 Å². The Morgan fingerprint density at radius 2 is 1.65 bits per heavy atom. The van der Waals surface area contributed by atoms with Crippen molar-refractivity contribution in [2.45, 2.75) is 64.8 Å². The second kappa shape index (κ2) is 9.63. The predicted molar refractivity (Wildman–Crippen MR) is 122 cm³/mol. The van der Waals surface area contributed by atoms with E-state index in [2.05, 4.69) is 24.4 Å². The Labute approximate surface area is 185 Å². The Kier molecular flexibility index (Phi) is 6.69. The summed E-state index contributed by atoms with van der Waals surface area (Å²) < 4.78 is 0. The van der Waals surface area contributed by atoms with E-state index in [9.17, 15) is 9.59 Å². The lowest BCUT2D eigenvalue weighted by Gasteiger charge is -2.34. The summed E-state index contributed by atoms with van der Waals surface area (Å²) in [6.07, 6.45) is 6.19. The van der Waals surface area contributed by atoms with Gasteiger partial charge in [0.15, 0.2) is 0 Å². The number of piperidine rings is 1. The molecule has 0 atom stereocenters. The highest BCUT2D eigenvalue weighted by Crippen LogP contribution is 2.32. The molecule has 164 valence electrons. The Hall–Kier alpha value is -2.69. The maximum atomic E-state index is 13.0. The number of amides is 2. The van der Waals surface area contributed by atoms with E-state index in [-0.39, 0.29) is 17.7 Å². The van der Waals surface area contributed by atoms with E-state index >= 15 is 0 Å². The summed E-state index contributed by atoms with van der Waals surface area (Å²) in [5.74, 6) is 0.709. The molecule has 1 aliphatic carbocycles. The monoisotopic (exact) mass is 419 g/mol. The first kappa shape index (κ1) is 21.5. The Morgan fingerprint density at radius 1 is 0.968 bits per heavy atom.